The first-order valence-corrected chi connectivity index (χ1v) is 7.45. The van der Waals surface area contributed by atoms with Gasteiger partial charge < -0.3 is 10.1 Å². The molecule has 0 aliphatic rings. The average molecular weight is 343 g/mol. The van der Waals surface area contributed by atoms with E-state index in [0.29, 0.717) is 5.56 Å². The molecule has 0 unspecified atom stereocenters. The number of aryl methyl sites for hydroxylation is 2. The molecule has 0 atom stereocenters. The molecule has 0 saturated heterocycles. The van der Waals surface area contributed by atoms with Gasteiger partial charge >= 0.3 is 0 Å². The maximum atomic E-state index is 10.1. The van der Waals surface area contributed by atoms with Crippen LogP contribution in [-0.4, -0.2) is 16.3 Å². The van der Waals surface area contributed by atoms with Gasteiger partial charge in [0.05, 0.1) is 11.3 Å². The summed E-state index contributed by atoms with van der Waals surface area (Å²) in [5.74, 6) is 0.141. The van der Waals surface area contributed by atoms with Gasteiger partial charge in [0.2, 0.25) is 0 Å². The summed E-state index contributed by atoms with van der Waals surface area (Å²) in [4.78, 5) is 7.44. The normalized spacial score (nSPS) is 11.6. The number of aromatic hydroxyl groups is 1. The van der Waals surface area contributed by atoms with Gasteiger partial charge in [0.15, 0.2) is 5.88 Å². The molecule has 0 spiro atoms. The standard InChI is InChI=1S/C17H15BrN2O/c1-10-3-5-15-12(7-10)13(17(21)20-15)9-19-16-6-4-11(2)8-14(16)18/h3-9,20-21H,1-2H3. The Morgan fingerprint density at radius 1 is 1.10 bits per heavy atom. The summed E-state index contributed by atoms with van der Waals surface area (Å²) in [7, 11) is 0. The largest absolute Gasteiger partial charge is 0.494 e. The summed E-state index contributed by atoms with van der Waals surface area (Å²) in [6, 6.07) is 12.0. The third kappa shape index (κ3) is 2.72. The molecule has 0 saturated carbocycles. The van der Waals surface area contributed by atoms with Crippen molar-refractivity contribution in [1.82, 2.24) is 4.98 Å². The van der Waals surface area contributed by atoms with Crippen molar-refractivity contribution < 1.29 is 5.11 Å². The minimum atomic E-state index is 0.141. The number of rotatable bonds is 2. The molecule has 0 radical (unpaired) electrons. The Hall–Kier alpha value is -2.07. The molecule has 1 aromatic heterocycles. The van der Waals surface area contributed by atoms with Crippen LogP contribution in [0, 0.1) is 13.8 Å². The summed E-state index contributed by atoms with van der Waals surface area (Å²) in [5.41, 5.74) is 4.77. The number of benzene rings is 2. The van der Waals surface area contributed by atoms with Crippen LogP contribution in [0.4, 0.5) is 5.69 Å². The van der Waals surface area contributed by atoms with Gasteiger partial charge in [-0.1, -0.05) is 17.7 Å². The number of nitrogens with one attached hydrogen (secondary N) is 1. The van der Waals surface area contributed by atoms with E-state index in [0.717, 1.165) is 26.6 Å². The van der Waals surface area contributed by atoms with Gasteiger partial charge in [-0.15, -0.1) is 0 Å². The molecule has 0 bridgehead atoms. The highest BCUT2D eigenvalue weighted by molar-refractivity contribution is 9.10. The number of aromatic amines is 1. The van der Waals surface area contributed by atoms with Gasteiger partial charge in [-0.25, -0.2) is 0 Å². The molecule has 0 aliphatic carbocycles. The topological polar surface area (TPSA) is 48.4 Å². The second-order valence-corrected chi connectivity index (χ2v) is 6.00. The van der Waals surface area contributed by atoms with Gasteiger partial charge in [-0.3, -0.25) is 4.99 Å². The van der Waals surface area contributed by atoms with E-state index < -0.39 is 0 Å². The van der Waals surface area contributed by atoms with Crippen LogP contribution in [0.5, 0.6) is 5.88 Å². The zero-order valence-electron chi connectivity index (χ0n) is 11.8. The van der Waals surface area contributed by atoms with Gasteiger partial charge in [0.25, 0.3) is 0 Å². The van der Waals surface area contributed by atoms with Crippen molar-refractivity contribution in [1.29, 1.82) is 0 Å². The van der Waals surface area contributed by atoms with Crippen molar-refractivity contribution in [3.05, 3.63) is 57.6 Å². The molecule has 0 aliphatic heterocycles. The minimum absolute atomic E-state index is 0.141. The Kier molecular flexibility index (Phi) is 3.55. The molecule has 2 aromatic carbocycles. The molecule has 1 heterocycles. The highest BCUT2D eigenvalue weighted by atomic mass is 79.9. The lowest BCUT2D eigenvalue weighted by molar-refractivity contribution is 0.457. The Bertz CT molecular complexity index is 849. The van der Waals surface area contributed by atoms with Crippen molar-refractivity contribution in [2.75, 3.05) is 0 Å². The first-order valence-electron chi connectivity index (χ1n) is 6.66. The van der Waals surface area contributed by atoms with Crippen LogP contribution in [0.1, 0.15) is 16.7 Å². The predicted molar refractivity (Wildman–Crippen MR) is 90.8 cm³/mol. The van der Waals surface area contributed by atoms with E-state index in [9.17, 15) is 5.11 Å². The lowest BCUT2D eigenvalue weighted by Crippen LogP contribution is -1.81. The summed E-state index contributed by atoms with van der Waals surface area (Å²) in [6.07, 6.45) is 1.70. The first-order chi connectivity index (χ1) is 10.0. The van der Waals surface area contributed by atoms with Crippen LogP contribution in [0.25, 0.3) is 10.9 Å². The number of hydrogen-bond acceptors (Lipinski definition) is 2. The zero-order chi connectivity index (χ0) is 15.0. The third-order valence-corrected chi connectivity index (χ3v) is 4.04. The number of hydrogen-bond donors (Lipinski definition) is 2. The molecule has 4 heteroatoms. The van der Waals surface area contributed by atoms with Crippen LogP contribution in [0.2, 0.25) is 0 Å². The number of aromatic nitrogens is 1. The molecule has 0 fully saturated rings. The first kappa shape index (κ1) is 13.9. The molecular formula is C17H15BrN2O. The second kappa shape index (κ2) is 5.37. The van der Waals surface area contributed by atoms with E-state index >= 15 is 0 Å². The average Bonchev–Trinajstić information content (AvgIpc) is 2.73. The molecule has 2 N–H and O–H groups in total. The lowest BCUT2D eigenvalue weighted by Gasteiger charge is -2.00. The number of fused-ring (bicyclic) bond motifs is 1. The van der Waals surface area contributed by atoms with Gasteiger partial charge in [0, 0.05) is 21.6 Å². The van der Waals surface area contributed by atoms with E-state index in [4.69, 9.17) is 0 Å². The Labute approximate surface area is 131 Å². The fourth-order valence-electron chi connectivity index (χ4n) is 2.29. The summed E-state index contributed by atoms with van der Waals surface area (Å²) >= 11 is 3.51. The van der Waals surface area contributed by atoms with Crippen LogP contribution in [0.3, 0.4) is 0 Å². The predicted octanol–water partition coefficient (Wildman–Crippen LogP) is 5.00. The SMILES string of the molecule is Cc1ccc(N=Cc2c(O)[nH]c3ccc(C)cc23)c(Br)c1. The Balaban J connectivity index is 2.06. The van der Waals surface area contributed by atoms with Crippen molar-refractivity contribution in [3.63, 3.8) is 0 Å². The molecule has 0 amide bonds. The van der Waals surface area contributed by atoms with Crippen LogP contribution in [0.15, 0.2) is 45.9 Å². The van der Waals surface area contributed by atoms with Crippen molar-refractivity contribution >= 4 is 38.7 Å². The van der Waals surface area contributed by atoms with E-state index in [1.54, 1.807) is 6.21 Å². The van der Waals surface area contributed by atoms with Gasteiger partial charge in [0.1, 0.15) is 0 Å². The number of nitrogens with zero attached hydrogens (tertiary/aromatic N) is 1. The molecule has 3 aromatic rings. The fraction of sp³-hybridized carbons (Fsp3) is 0.118. The Morgan fingerprint density at radius 3 is 2.57 bits per heavy atom. The van der Waals surface area contributed by atoms with E-state index in [1.165, 1.54) is 5.56 Å². The number of halogens is 1. The van der Waals surface area contributed by atoms with E-state index in [2.05, 4.69) is 25.9 Å². The monoisotopic (exact) mass is 342 g/mol. The van der Waals surface area contributed by atoms with Crippen molar-refractivity contribution in [2.45, 2.75) is 13.8 Å². The van der Waals surface area contributed by atoms with E-state index in [-0.39, 0.29) is 5.88 Å². The molecular weight excluding hydrogens is 328 g/mol. The summed E-state index contributed by atoms with van der Waals surface area (Å²) in [5, 5.41) is 11.0. The van der Waals surface area contributed by atoms with Crippen LogP contribution in [-0.2, 0) is 0 Å². The maximum absolute atomic E-state index is 10.1. The summed E-state index contributed by atoms with van der Waals surface area (Å²) < 4.78 is 0.939. The molecule has 106 valence electrons. The Morgan fingerprint density at radius 2 is 1.81 bits per heavy atom. The number of H-pyrrole nitrogens is 1. The van der Waals surface area contributed by atoms with Crippen LogP contribution < -0.4 is 0 Å². The smallest absolute Gasteiger partial charge is 0.198 e. The maximum Gasteiger partial charge on any atom is 0.198 e. The molecule has 3 nitrogen and oxygen atoms in total. The van der Waals surface area contributed by atoms with Crippen molar-refractivity contribution in [3.8, 4) is 5.88 Å². The fourth-order valence-corrected chi connectivity index (χ4v) is 2.89. The zero-order valence-corrected chi connectivity index (χ0v) is 13.4. The van der Waals surface area contributed by atoms with E-state index in [1.807, 2.05) is 50.2 Å². The highest BCUT2D eigenvalue weighted by Gasteiger charge is 2.09. The second-order valence-electron chi connectivity index (χ2n) is 5.15. The lowest BCUT2D eigenvalue weighted by atomic mass is 10.1. The minimum Gasteiger partial charge on any atom is -0.494 e. The van der Waals surface area contributed by atoms with Gasteiger partial charge in [-0.2, -0.15) is 0 Å². The molecule has 21 heavy (non-hydrogen) atoms. The summed E-state index contributed by atoms with van der Waals surface area (Å²) in [6.45, 7) is 4.06. The quantitative estimate of drug-likeness (QED) is 0.632. The number of aliphatic imine (C=N–C) groups is 1. The molecule has 3 rings (SSSR count). The highest BCUT2D eigenvalue weighted by Crippen LogP contribution is 2.29. The van der Waals surface area contributed by atoms with Crippen LogP contribution >= 0.6 is 15.9 Å². The van der Waals surface area contributed by atoms with Crippen molar-refractivity contribution in [2.24, 2.45) is 4.99 Å². The third-order valence-electron chi connectivity index (χ3n) is 3.41. The van der Waals surface area contributed by atoms with Gasteiger partial charge in [-0.05, 0) is 59.6 Å².